The molecule has 2 amide bonds. The lowest BCUT2D eigenvalue weighted by Gasteiger charge is -2.38. The molecule has 0 N–H and O–H groups in total. The van der Waals surface area contributed by atoms with Crippen LogP contribution < -0.4 is 4.90 Å². The Balaban J connectivity index is 1.45. The molecule has 0 aliphatic carbocycles. The molecule has 1 aromatic carbocycles. The minimum atomic E-state index is -0.721. The third-order valence-electron chi connectivity index (χ3n) is 7.33. The first-order valence-electron chi connectivity index (χ1n) is 12.8. The molecule has 3 aromatic rings. The van der Waals surface area contributed by atoms with E-state index in [1.807, 2.05) is 36.6 Å². The molecule has 1 saturated heterocycles. The minimum Gasteiger partial charge on any atom is -0.447 e. The van der Waals surface area contributed by atoms with Crippen LogP contribution in [0.4, 0.5) is 14.9 Å². The van der Waals surface area contributed by atoms with Gasteiger partial charge < -0.3 is 19.1 Å². The van der Waals surface area contributed by atoms with Crippen molar-refractivity contribution in [3.63, 3.8) is 0 Å². The molecule has 4 heterocycles. The van der Waals surface area contributed by atoms with E-state index in [1.165, 1.54) is 0 Å². The molecule has 0 bridgehead atoms. The second kappa shape index (κ2) is 10.3. The Morgan fingerprint density at radius 1 is 1.22 bits per heavy atom. The Kier molecular flexibility index (Phi) is 7.07. The summed E-state index contributed by atoms with van der Waals surface area (Å²) in [5.41, 5.74) is 2.63. The summed E-state index contributed by atoms with van der Waals surface area (Å²) < 4.78 is 20.3. The maximum atomic E-state index is 14.1. The largest absolute Gasteiger partial charge is 0.447 e. The molecule has 2 aliphatic heterocycles. The van der Waals surface area contributed by atoms with Crippen LogP contribution in [0.3, 0.4) is 0 Å². The summed E-state index contributed by atoms with van der Waals surface area (Å²) in [7, 11) is 0. The summed E-state index contributed by atoms with van der Waals surface area (Å²) in [5.74, 6) is 0.710. The van der Waals surface area contributed by atoms with Crippen LogP contribution in [0.25, 0.3) is 11.0 Å². The van der Waals surface area contributed by atoms with E-state index < -0.39 is 5.41 Å². The average Bonchev–Trinajstić information content (AvgIpc) is 3.33. The average molecular weight is 528 g/mol. The van der Waals surface area contributed by atoms with E-state index in [0.717, 1.165) is 22.3 Å². The lowest BCUT2D eigenvalue weighted by Crippen LogP contribution is -2.50. The van der Waals surface area contributed by atoms with Crippen molar-refractivity contribution in [1.29, 1.82) is 0 Å². The summed E-state index contributed by atoms with van der Waals surface area (Å²) >= 11 is 6.27. The van der Waals surface area contributed by atoms with Gasteiger partial charge in [0.2, 0.25) is 5.91 Å². The van der Waals surface area contributed by atoms with Crippen molar-refractivity contribution < 1.29 is 18.7 Å². The van der Waals surface area contributed by atoms with Crippen molar-refractivity contribution in [2.45, 2.75) is 64.1 Å². The number of fused-ring (bicyclic) bond motifs is 3. The Morgan fingerprint density at radius 3 is 2.73 bits per heavy atom. The van der Waals surface area contributed by atoms with Gasteiger partial charge in [-0.15, -0.1) is 0 Å². The number of halogens is 2. The molecule has 0 radical (unpaired) electrons. The summed E-state index contributed by atoms with van der Waals surface area (Å²) in [4.78, 5) is 39.1. The number of piperidine rings is 1. The molecule has 10 heteroatoms. The number of benzene rings is 1. The Bertz CT molecular complexity index is 1320. The molecule has 0 atom stereocenters. The molecule has 0 saturated carbocycles. The highest BCUT2D eigenvalue weighted by molar-refractivity contribution is 6.31. The van der Waals surface area contributed by atoms with E-state index in [4.69, 9.17) is 21.3 Å². The predicted octanol–water partition coefficient (Wildman–Crippen LogP) is 5.26. The van der Waals surface area contributed by atoms with Crippen LogP contribution in [0.1, 0.15) is 50.9 Å². The number of likely N-dealkylation sites (tertiary alicyclic amines) is 1. The zero-order valence-corrected chi connectivity index (χ0v) is 21.9. The van der Waals surface area contributed by atoms with Crippen molar-refractivity contribution in [2.75, 3.05) is 24.7 Å². The molecule has 8 nitrogen and oxygen atoms in total. The SMILES string of the molecule is CC(C)OC(=O)N1CCC2(CC1)C(=O)N(Cc1nc3ccc(Cl)cc3n1CCCCF)c1cnccc12. The lowest BCUT2D eigenvalue weighted by molar-refractivity contribution is -0.125. The first kappa shape index (κ1) is 25.4. The number of hydrogen-bond donors (Lipinski definition) is 0. The number of ether oxygens (including phenoxy) is 1. The van der Waals surface area contributed by atoms with E-state index in [2.05, 4.69) is 4.98 Å². The van der Waals surface area contributed by atoms with Crippen molar-refractivity contribution in [3.05, 3.63) is 53.1 Å². The molecule has 5 rings (SSSR count). The van der Waals surface area contributed by atoms with Crippen LogP contribution in [-0.4, -0.2) is 57.3 Å². The Labute approximate surface area is 220 Å². The highest BCUT2D eigenvalue weighted by Crippen LogP contribution is 2.48. The van der Waals surface area contributed by atoms with E-state index in [9.17, 15) is 14.0 Å². The Morgan fingerprint density at radius 2 is 2.00 bits per heavy atom. The number of amides is 2. The number of nitrogens with zero attached hydrogens (tertiary/aromatic N) is 5. The van der Waals surface area contributed by atoms with Gasteiger partial charge in [-0.25, -0.2) is 9.78 Å². The number of imidazole rings is 1. The van der Waals surface area contributed by atoms with Crippen LogP contribution in [-0.2, 0) is 28.0 Å². The van der Waals surface area contributed by atoms with Gasteiger partial charge in [-0.1, -0.05) is 11.6 Å². The quantitative estimate of drug-likeness (QED) is 0.391. The molecule has 2 aliphatic rings. The van der Waals surface area contributed by atoms with Gasteiger partial charge in [-0.05, 0) is 69.4 Å². The maximum absolute atomic E-state index is 14.1. The number of alkyl halides is 1. The zero-order valence-electron chi connectivity index (χ0n) is 21.1. The smallest absolute Gasteiger partial charge is 0.410 e. The summed E-state index contributed by atoms with van der Waals surface area (Å²) in [5, 5.41) is 0.596. The number of hydrogen-bond acceptors (Lipinski definition) is 5. The molecular formula is C27H31ClFN5O3. The van der Waals surface area contributed by atoms with Gasteiger partial charge >= 0.3 is 6.09 Å². The number of carbonyl (C=O) groups excluding carboxylic acids is 2. The van der Waals surface area contributed by atoms with E-state index in [-0.39, 0.29) is 31.3 Å². The number of carbonyl (C=O) groups is 2. The number of pyridine rings is 1. The van der Waals surface area contributed by atoms with Crippen molar-refractivity contribution in [1.82, 2.24) is 19.4 Å². The number of rotatable bonds is 7. The maximum Gasteiger partial charge on any atom is 0.410 e. The van der Waals surface area contributed by atoms with Gasteiger partial charge in [0.1, 0.15) is 5.82 Å². The van der Waals surface area contributed by atoms with E-state index in [0.29, 0.717) is 56.2 Å². The van der Waals surface area contributed by atoms with Crippen molar-refractivity contribution in [3.8, 4) is 0 Å². The molecule has 2 aromatic heterocycles. The Hall–Kier alpha value is -3.20. The van der Waals surface area contributed by atoms with Gasteiger partial charge in [-0.3, -0.25) is 14.2 Å². The van der Waals surface area contributed by atoms with Crippen molar-refractivity contribution >= 4 is 40.3 Å². The first-order valence-corrected chi connectivity index (χ1v) is 13.1. The zero-order chi connectivity index (χ0) is 26.2. The minimum absolute atomic E-state index is 0.00669. The van der Waals surface area contributed by atoms with Crippen LogP contribution in [0, 0.1) is 0 Å². The van der Waals surface area contributed by atoms with Crippen LogP contribution >= 0.6 is 11.6 Å². The molecule has 1 spiro atoms. The highest BCUT2D eigenvalue weighted by Gasteiger charge is 2.53. The third kappa shape index (κ3) is 4.65. The molecule has 37 heavy (non-hydrogen) atoms. The predicted molar refractivity (Wildman–Crippen MR) is 139 cm³/mol. The van der Waals surface area contributed by atoms with Gasteiger partial charge in [0.25, 0.3) is 0 Å². The summed E-state index contributed by atoms with van der Waals surface area (Å²) in [6, 6.07) is 7.43. The summed E-state index contributed by atoms with van der Waals surface area (Å²) in [6.07, 6.45) is 5.03. The summed E-state index contributed by atoms with van der Waals surface area (Å²) in [6.45, 7) is 4.99. The topological polar surface area (TPSA) is 80.6 Å². The molecule has 1 fully saturated rings. The lowest BCUT2D eigenvalue weighted by atomic mass is 9.74. The van der Waals surface area contributed by atoms with E-state index >= 15 is 0 Å². The van der Waals surface area contributed by atoms with Crippen LogP contribution in [0.2, 0.25) is 5.02 Å². The first-order chi connectivity index (χ1) is 17.8. The fourth-order valence-corrected chi connectivity index (χ4v) is 5.66. The van der Waals surface area contributed by atoms with E-state index in [1.54, 1.807) is 28.3 Å². The number of anilines is 1. The second-order valence-corrected chi connectivity index (χ2v) is 10.4. The van der Waals surface area contributed by atoms with Gasteiger partial charge in [0.15, 0.2) is 0 Å². The fraction of sp³-hybridized carbons (Fsp3) is 0.481. The fourth-order valence-electron chi connectivity index (χ4n) is 5.50. The monoisotopic (exact) mass is 527 g/mol. The second-order valence-electron chi connectivity index (χ2n) is 9.99. The molecule has 196 valence electrons. The van der Waals surface area contributed by atoms with Gasteiger partial charge in [-0.2, -0.15) is 0 Å². The molecular weight excluding hydrogens is 497 g/mol. The van der Waals surface area contributed by atoms with Gasteiger partial charge in [0.05, 0.1) is 47.7 Å². The normalized spacial score (nSPS) is 16.7. The van der Waals surface area contributed by atoms with Crippen LogP contribution in [0.5, 0.6) is 0 Å². The number of aryl methyl sites for hydroxylation is 1. The van der Waals surface area contributed by atoms with Crippen LogP contribution in [0.15, 0.2) is 36.7 Å². The number of unbranched alkanes of at least 4 members (excludes halogenated alkanes) is 1. The standard InChI is InChI=1S/C27H31ClFN5O3/c1-18(2)37-26(36)32-13-8-27(9-14-32)20-7-11-30-16-23(20)34(25(27)35)17-24-31-21-6-5-19(28)15-22(21)33(24)12-4-3-10-29/h5-7,11,15-16,18H,3-4,8-10,12-14,17H2,1-2H3. The van der Waals surface area contributed by atoms with Gasteiger partial charge in [0, 0.05) is 30.9 Å². The van der Waals surface area contributed by atoms with Crippen molar-refractivity contribution in [2.24, 2.45) is 0 Å². The number of aromatic nitrogens is 3. The molecule has 0 unspecified atom stereocenters. The third-order valence-corrected chi connectivity index (χ3v) is 7.56. The highest BCUT2D eigenvalue weighted by atomic mass is 35.5.